The molecule has 3 heteroatoms. The van der Waals surface area contributed by atoms with Crippen molar-refractivity contribution in [2.45, 2.75) is 25.7 Å². The Morgan fingerprint density at radius 1 is 0.755 bits per heavy atom. The van der Waals surface area contributed by atoms with Crippen molar-refractivity contribution < 1.29 is 0 Å². The Morgan fingerprint density at radius 3 is 2.08 bits per heavy atom. The van der Waals surface area contributed by atoms with Gasteiger partial charge in [-0.15, -0.1) is 0 Å². The highest BCUT2D eigenvalue weighted by atomic mass is 15.0. The molecule has 3 nitrogen and oxygen atoms in total. The number of rotatable bonds is 8. The smallest absolute Gasteiger partial charge is 0.137 e. The maximum absolute atomic E-state index is 5.21. The SMILES string of the molecule is CC\C=C/C=C(\C=C\C1=C/CC(c2ccccc2)C=CNC(c2ccccc2)=N1)c1c2ccccc2c(-c2cccnc2)c2ccccc12. The number of fused-ring (bicyclic) bond motifs is 2. The normalized spacial score (nSPS) is 16.6. The van der Waals surface area contributed by atoms with Crippen molar-refractivity contribution in [3.8, 4) is 11.1 Å². The van der Waals surface area contributed by atoms with Crippen LogP contribution in [0.3, 0.4) is 0 Å². The van der Waals surface area contributed by atoms with E-state index in [9.17, 15) is 0 Å². The van der Waals surface area contributed by atoms with Crippen molar-refractivity contribution in [3.05, 3.63) is 205 Å². The van der Waals surface area contributed by atoms with Gasteiger partial charge in [0.1, 0.15) is 5.84 Å². The first-order valence-corrected chi connectivity index (χ1v) is 17.0. The van der Waals surface area contributed by atoms with Crippen LogP contribution in [0.25, 0.3) is 38.2 Å². The number of nitrogens with one attached hydrogen (secondary N) is 1. The fourth-order valence-electron chi connectivity index (χ4n) is 6.54. The summed E-state index contributed by atoms with van der Waals surface area (Å²) in [6, 6.07) is 42.6. The average Bonchev–Trinajstić information content (AvgIpc) is 3.27. The molecule has 0 spiro atoms. The van der Waals surface area contributed by atoms with Crippen LogP contribution >= 0.6 is 0 Å². The lowest BCUT2D eigenvalue weighted by atomic mass is 9.86. The molecule has 1 aromatic heterocycles. The van der Waals surface area contributed by atoms with Crippen molar-refractivity contribution in [3.63, 3.8) is 0 Å². The number of hydrogen-bond donors (Lipinski definition) is 1. The summed E-state index contributed by atoms with van der Waals surface area (Å²) >= 11 is 0. The van der Waals surface area contributed by atoms with Crippen molar-refractivity contribution in [1.82, 2.24) is 10.3 Å². The zero-order chi connectivity index (χ0) is 33.3. The van der Waals surface area contributed by atoms with Crippen molar-refractivity contribution >= 4 is 33.0 Å². The molecular formula is C46H39N3. The van der Waals surface area contributed by atoms with Gasteiger partial charge in [0, 0.05) is 29.4 Å². The van der Waals surface area contributed by atoms with Gasteiger partial charge in [0.15, 0.2) is 0 Å². The lowest BCUT2D eigenvalue weighted by Crippen LogP contribution is -2.18. The maximum Gasteiger partial charge on any atom is 0.137 e. The van der Waals surface area contributed by atoms with Crippen LogP contribution in [0.5, 0.6) is 0 Å². The number of nitrogens with zero attached hydrogens (tertiary/aromatic N) is 2. The Bertz CT molecular complexity index is 2180. The van der Waals surface area contributed by atoms with E-state index in [0.717, 1.165) is 41.1 Å². The van der Waals surface area contributed by atoms with Gasteiger partial charge in [0.2, 0.25) is 0 Å². The van der Waals surface area contributed by atoms with Gasteiger partial charge in [-0.3, -0.25) is 4.98 Å². The zero-order valence-electron chi connectivity index (χ0n) is 27.7. The van der Waals surface area contributed by atoms with Crippen LogP contribution in [0.15, 0.2) is 193 Å². The lowest BCUT2D eigenvalue weighted by Gasteiger charge is -2.18. The summed E-state index contributed by atoms with van der Waals surface area (Å²) in [7, 11) is 0. The molecule has 0 aliphatic carbocycles. The predicted molar refractivity (Wildman–Crippen MR) is 208 cm³/mol. The number of hydrogen-bond acceptors (Lipinski definition) is 3. The van der Waals surface area contributed by atoms with E-state index in [0.29, 0.717) is 0 Å². The monoisotopic (exact) mass is 633 g/mol. The number of pyridine rings is 1. The Kier molecular flexibility index (Phi) is 9.80. The lowest BCUT2D eigenvalue weighted by molar-refractivity contribution is 0.855. The number of aliphatic imine (C=N–C) groups is 1. The Labute approximate surface area is 289 Å². The third kappa shape index (κ3) is 7.12. The minimum Gasteiger partial charge on any atom is -0.346 e. The molecule has 1 N–H and O–H groups in total. The van der Waals surface area contributed by atoms with Gasteiger partial charge in [-0.05, 0) is 75.0 Å². The molecule has 0 fully saturated rings. The van der Waals surface area contributed by atoms with Crippen molar-refractivity contribution in [2.75, 3.05) is 0 Å². The zero-order valence-corrected chi connectivity index (χ0v) is 27.7. The summed E-state index contributed by atoms with van der Waals surface area (Å²) in [6.07, 6.45) is 23.1. The second kappa shape index (κ2) is 15.2. The second-order valence-corrected chi connectivity index (χ2v) is 12.1. The second-order valence-electron chi connectivity index (χ2n) is 12.1. The van der Waals surface area contributed by atoms with E-state index in [1.807, 2.05) is 42.9 Å². The number of allylic oxidation sites excluding steroid dienone is 8. The first kappa shape index (κ1) is 31.5. The first-order valence-electron chi connectivity index (χ1n) is 17.0. The van der Waals surface area contributed by atoms with Crippen LogP contribution in [0.4, 0.5) is 0 Å². The van der Waals surface area contributed by atoms with Crippen molar-refractivity contribution in [1.29, 1.82) is 0 Å². The molecule has 6 aromatic rings. The summed E-state index contributed by atoms with van der Waals surface area (Å²) in [5, 5.41) is 8.31. The van der Waals surface area contributed by atoms with Gasteiger partial charge in [-0.25, -0.2) is 4.99 Å². The van der Waals surface area contributed by atoms with E-state index in [2.05, 4.69) is 157 Å². The fourth-order valence-corrected chi connectivity index (χ4v) is 6.54. The molecule has 7 rings (SSSR count). The van der Waals surface area contributed by atoms with Gasteiger partial charge in [-0.2, -0.15) is 0 Å². The molecule has 0 bridgehead atoms. The summed E-state index contributed by atoms with van der Waals surface area (Å²) in [4.78, 5) is 9.69. The van der Waals surface area contributed by atoms with Gasteiger partial charge in [0.05, 0.1) is 5.70 Å². The van der Waals surface area contributed by atoms with Crippen LogP contribution < -0.4 is 5.32 Å². The Balaban J connectivity index is 1.40. The van der Waals surface area contributed by atoms with Gasteiger partial charge in [-0.1, -0.05) is 159 Å². The number of amidine groups is 1. The van der Waals surface area contributed by atoms with E-state index in [1.165, 1.54) is 38.2 Å². The number of benzene rings is 5. The van der Waals surface area contributed by atoms with Crippen LogP contribution in [0.2, 0.25) is 0 Å². The highest BCUT2D eigenvalue weighted by Gasteiger charge is 2.17. The minimum absolute atomic E-state index is 0.220. The van der Waals surface area contributed by atoms with Crippen LogP contribution in [0.1, 0.15) is 42.4 Å². The summed E-state index contributed by atoms with van der Waals surface area (Å²) < 4.78 is 0. The summed E-state index contributed by atoms with van der Waals surface area (Å²) in [5.74, 6) is 1.03. The van der Waals surface area contributed by atoms with E-state index in [4.69, 9.17) is 4.99 Å². The molecule has 5 aromatic carbocycles. The molecular weight excluding hydrogens is 595 g/mol. The third-order valence-corrected chi connectivity index (χ3v) is 8.90. The molecule has 49 heavy (non-hydrogen) atoms. The largest absolute Gasteiger partial charge is 0.346 e. The van der Waals surface area contributed by atoms with Gasteiger partial charge in [0.25, 0.3) is 0 Å². The molecule has 0 saturated heterocycles. The molecule has 1 unspecified atom stereocenters. The minimum atomic E-state index is 0.220. The molecule has 1 aliphatic rings. The van der Waals surface area contributed by atoms with Gasteiger partial charge >= 0.3 is 0 Å². The summed E-state index contributed by atoms with van der Waals surface area (Å²) in [5.41, 5.74) is 7.86. The number of aromatic nitrogens is 1. The average molecular weight is 634 g/mol. The van der Waals surface area contributed by atoms with Crippen molar-refractivity contribution in [2.24, 2.45) is 4.99 Å². The van der Waals surface area contributed by atoms with Crippen LogP contribution in [-0.2, 0) is 0 Å². The van der Waals surface area contributed by atoms with E-state index >= 15 is 0 Å². The highest BCUT2D eigenvalue weighted by Crippen LogP contribution is 2.42. The Hall–Kier alpha value is -6.06. The molecule has 0 saturated carbocycles. The standard InChI is InChI=1S/C46H39N3/c1-2-3-6-18-36(44-40-22-11-13-24-42(40)45(38-21-15-31-47-33-38)43-25-14-12-23-41(43)44)27-29-39-28-26-35(34-16-7-4-8-17-34)30-32-48-46(49-39)37-19-9-5-10-20-37/h3-25,27-33,35H,2,26H2,1H3,(H,48,49)/b6-3-,29-27+,32-30?,36-18+,39-28+. The predicted octanol–water partition coefficient (Wildman–Crippen LogP) is 11.6. The maximum atomic E-state index is 5.21. The molecule has 238 valence electrons. The molecule has 1 aliphatic heterocycles. The molecule has 1 atom stereocenters. The molecule has 0 radical (unpaired) electrons. The van der Waals surface area contributed by atoms with Crippen LogP contribution in [-0.4, -0.2) is 10.8 Å². The Morgan fingerprint density at radius 2 is 1.41 bits per heavy atom. The summed E-state index contributed by atoms with van der Waals surface area (Å²) in [6.45, 7) is 2.17. The van der Waals surface area contributed by atoms with E-state index in [1.54, 1.807) is 0 Å². The third-order valence-electron chi connectivity index (χ3n) is 8.90. The molecule has 2 heterocycles. The topological polar surface area (TPSA) is 37.3 Å². The van der Waals surface area contributed by atoms with Gasteiger partial charge < -0.3 is 5.32 Å². The van der Waals surface area contributed by atoms with E-state index in [-0.39, 0.29) is 5.92 Å². The van der Waals surface area contributed by atoms with Crippen LogP contribution in [0, 0.1) is 0 Å². The first-order chi connectivity index (χ1) is 24.3. The van der Waals surface area contributed by atoms with E-state index < -0.39 is 0 Å². The highest BCUT2D eigenvalue weighted by molar-refractivity contribution is 6.19. The quantitative estimate of drug-likeness (QED) is 0.134. The molecule has 0 amide bonds. The fraction of sp³-hybridized carbons (Fsp3) is 0.0870.